The Balaban J connectivity index is 2.82. The van der Waals surface area contributed by atoms with Crippen molar-refractivity contribution in [2.75, 3.05) is 7.11 Å². The van der Waals surface area contributed by atoms with E-state index < -0.39 is 0 Å². The molecular weight excluding hydrogens is 216 g/mol. The topological polar surface area (TPSA) is 35.5 Å². The fourth-order valence-electron chi connectivity index (χ4n) is 2.04. The van der Waals surface area contributed by atoms with Gasteiger partial charge in [0.05, 0.1) is 7.11 Å². The minimum atomic E-state index is 0.452. The molecule has 3 nitrogen and oxygen atoms in total. The van der Waals surface area contributed by atoms with Gasteiger partial charge in [0.15, 0.2) is 0 Å². The van der Waals surface area contributed by atoms with E-state index in [1.807, 2.05) is 38.1 Å². The Labute approximate surface area is 100.0 Å². The van der Waals surface area contributed by atoms with Crippen LogP contribution in [-0.4, -0.2) is 13.6 Å². The second-order valence-corrected chi connectivity index (χ2v) is 3.94. The third kappa shape index (κ3) is 1.84. The molecule has 0 aromatic heterocycles. The predicted molar refractivity (Wildman–Crippen MR) is 66.7 cm³/mol. The summed E-state index contributed by atoms with van der Waals surface area (Å²) in [5.74, 6) is 1.41. The maximum Gasteiger partial charge on any atom is 0.298 e. The van der Waals surface area contributed by atoms with Gasteiger partial charge in [-0.25, -0.2) is 0 Å². The average molecular weight is 230 g/mol. The maximum atomic E-state index is 10.5. The molecule has 0 saturated heterocycles. The van der Waals surface area contributed by atoms with Gasteiger partial charge in [-0.2, -0.15) is 0 Å². The third-order valence-corrected chi connectivity index (χ3v) is 2.87. The molecule has 0 heterocycles. The Morgan fingerprint density at radius 2 is 1.47 bits per heavy atom. The molecule has 0 atom stereocenters. The number of fused-ring (bicyclic) bond motifs is 1. The van der Waals surface area contributed by atoms with Crippen molar-refractivity contribution in [1.29, 1.82) is 0 Å². The standard InChI is InChI=1S/C14H14O3/c1-9-4-7-12-11(13(9)16-3)6-5-10(2)14(12)17-8-15/h4-8H,1-3H3. The van der Waals surface area contributed by atoms with E-state index in [0.717, 1.165) is 27.6 Å². The molecule has 0 fully saturated rings. The van der Waals surface area contributed by atoms with Crippen LogP contribution in [0.4, 0.5) is 0 Å². The quantitative estimate of drug-likeness (QED) is 0.760. The van der Waals surface area contributed by atoms with E-state index in [4.69, 9.17) is 9.47 Å². The molecule has 0 bridgehead atoms. The fourth-order valence-corrected chi connectivity index (χ4v) is 2.04. The van der Waals surface area contributed by atoms with E-state index in [2.05, 4.69) is 0 Å². The molecule has 0 aliphatic heterocycles. The van der Waals surface area contributed by atoms with Crippen molar-refractivity contribution in [2.24, 2.45) is 0 Å². The van der Waals surface area contributed by atoms with Crippen molar-refractivity contribution in [3.63, 3.8) is 0 Å². The van der Waals surface area contributed by atoms with E-state index in [0.29, 0.717) is 12.2 Å². The molecule has 0 amide bonds. The van der Waals surface area contributed by atoms with E-state index in [-0.39, 0.29) is 0 Å². The summed E-state index contributed by atoms with van der Waals surface area (Å²) in [5, 5.41) is 1.84. The normalized spacial score (nSPS) is 10.3. The fraction of sp³-hybridized carbons (Fsp3) is 0.214. The number of carbonyl (C=O) groups is 1. The molecule has 0 aliphatic rings. The van der Waals surface area contributed by atoms with Crippen molar-refractivity contribution < 1.29 is 14.3 Å². The van der Waals surface area contributed by atoms with Crippen LogP contribution in [0.5, 0.6) is 11.5 Å². The lowest BCUT2D eigenvalue weighted by Gasteiger charge is -2.12. The van der Waals surface area contributed by atoms with Gasteiger partial charge in [-0.3, -0.25) is 4.79 Å². The molecule has 17 heavy (non-hydrogen) atoms. The van der Waals surface area contributed by atoms with Crippen LogP contribution in [0.1, 0.15) is 11.1 Å². The molecule has 88 valence electrons. The first-order chi connectivity index (χ1) is 8.19. The highest BCUT2D eigenvalue weighted by molar-refractivity contribution is 5.95. The van der Waals surface area contributed by atoms with Crippen molar-refractivity contribution in [3.8, 4) is 11.5 Å². The Morgan fingerprint density at radius 1 is 0.941 bits per heavy atom. The number of aryl methyl sites for hydroxylation is 2. The minimum Gasteiger partial charge on any atom is -0.496 e. The second kappa shape index (κ2) is 4.45. The van der Waals surface area contributed by atoms with Crippen LogP contribution in [0.3, 0.4) is 0 Å². The molecule has 0 spiro atoms. The van der Waals surface area contributed by atoms with Gasteiger partial charge in [-0.05, 0) is 25.0 Å². The van der Waals surface area contributed by atoms with Gasteiger partial charge in [0.2, 0.25) is 0 Å². The van der Waals surface area contributed by atoms with Crippen LogP contribution in [0.25, 0.3) is 10.8 Å². The SMILES string of the molecule is COc1c(C)ccc2c(OC=O)c(C)ccc12. The summed E-state index contributed by atoms with van der Waals surface area (Å²) in [7, 11) is 1.64. The number of benzene rings is 2. The highest BCUT2D eigenvalue weighted by Gasteiger charge is 2.11. The lowest BCUT2D eigenvalue weighted by atomic mass is 10.0. The first kappa shape index (κ1) is 11.5. The molecule has 0 saturated carbocycles. The summed E-state index contributed by atoms with van der Waals surface area (Å²) in [5.41, 5.74) is 1.98. The molecule has 2 rings (SSSR count). The molecule has 0 aliphatic carbocycles. The predicted octanol–water partition coefficient (Wildman–Crippen LogP) is 3.00. The zero-order valence-electron chi connectivity index (χ0n) is 10.1. The van der Waals surface area contributed by atoms with Gasteiger partial charge in [0, 0.05) is 10.8 Å². The summed E-state index contributed by atoms with van der Waals surface area (Å²) >= 11 is 0. The maximum absolute atomic E-state index is 10.5. The Hall–Kier alpha value is -2.03. The van der Waals surface area contributed by atoms with Gasteiger partial charge >= 0.3 is 0 Å². The zero-order chi connectivity index (χ0) is 12.4. The van der Waals surface area contributed by atoms with Crippen LogP contribution in [0.2, 0.25) is 0 Å². The molecule has 0 radical (unpaired) electrons. The molecule has 0 unspecified atom stereocenters. The van der Waals surface area contributed by atoms with E-state index in [9.17, 15) is 4.79 Å². The molecular formula is C14H14O3. The first-order valence-corrected chi connectivity index (χ1v) is 5.36. The average Bonchev–Trinajstić information content (AvgIpc) is 2.33. The Kier molecular flexibility index (Phi) is 3.00. The number of ether oxygens (including phenoxy) is 2. The summed E-state index contributed by atoms with van der Waals surface area (Å²) in [6.45, 7) is 4.34. The second-order valence-electron chi connectivity index (χ2n) is 3.94. The highest BCUT2D eigenvalue weighted by atomic mass is 16.5. The summed E-state index contributed by atoms with van der Waals surface area (Å²) in [4.78, 5) is 10.5. The number of rotatable bonds is 3. The Bertz CT molecular complexity index is 573. The lowest BCUT2D eigenvalue weighted by molar-refractivity contribution is -0.120. The van der Waals surface area contributed by atoms with Crippen LogP contribution < -0.4 is 9.47 Å². The summed E-state index contributed by atoms with van der Waals surface area (Å²) in [6.07, 6.45) is 0. The minimum absolute atomic E-state index is 0.452. The largest absolute Gasteiger partial charge is 0.496 e. The van der Waals surface area contributed by atoms with Gasteiger partial charge in [0.25, 0.3) is 6.47 Å². The van der Waals surface area contributed by atoms with Gasteiger partial charge in [-0.1, -0.05) is 24.3 Å². The van der Waals surface area contributed by atoms with Crippen molar-refractivity contribution in [2.45, 2.75) is 13.8 Å². The van der Waals surface area contributed by atoms with E-state index >= 15 is 0 Å². The Morgan fingerprint density at radius 3 is 2.00 bits per heavy atom. The summed E-state index contributed by atoms with van der Waals surface area (Å²) in [6, 6.07) is 7.80. The van der Waals surface area contributed by atoms with Crippen LogP contribution in [0.15, 0.2) is 24.3 Å². The number of hydrogen-bond acceptors (Lipinski definition) is 3. The lowest BCUT2D eigenvalue weighted by Crippen LogP contribution is -1.95. The van der Waals surface area contributed by atoms with E-state index in [1.165, 1.54) is 0 Å². The highest BCUT2D eigenvalue weighted by Crippen LogP contribution is 2.36. The smallest absolute Gasteiger partial charge is 0.298 e. The van der Waals surface area contributed by atoms with Crippen LogP contribution in [0, 0.1) is 13.8 Å². The molecule has 3 heteroatoms. The zero-order valence-corrected chi connectivity index (χ0v) is 10.1. The molecule has 0 N–H and O–H groups in total. The number of methoxy groups -OCH3 is 1. The van der Waals surface area contributed by atoms with Crippen molar-refractivity contribution in [3.05, 3.63) is 35.4 Å². The third-order valence-electron chi connectivity index (χ3n) is 2.87. The first-order valence-electron chi connectivity index (χ1n) is 5.36. The van der Waals surface area contributed by atoms with Crippen molar-refractivity contribution >= 4 is 17.2 Å². The summed E-state index contributed by atoms with van der Waals surface area (Å²) < 4.78 is 10.4. The molecule has 2 aromatic rings. The van der Waals surface area contributed by atoms with Gasteiger partial charge in [-0.15, -0.1) is 0 Å². The van der Waals surface area contributed by atoms with Gasteiger partial charge < -0.3 is 9.47 Å². The van der Waals surface area contributed by atoms with Crippen LogP contribution in [-0.2, 0) is 4.79 Å². The van der Waals surface area contributed by atoms with Crippen LogP contribution >= 0.6 is 0 Å². The van der Waals surface area contributed by atoms with Crippen molar-refractivity contribution in [1.82, 2.24) is 0 Å². The van der Waals surface area contributed by atoms with E-state index in [1.54, 1.807) is 7.11 Å². The monoisotopic (exact) mass is 230 g/mol. The van der Waals surface area contributed by atoms with Gasteiger partial charge in [0.1, 0.15) is 11.5 Å². The number of hydrogen-bond donors (Lipinski definition) is 0. The molecule has 2 aromatic carbocycles. The number of carbonyl (C=O) groups excluding carboxylic acids is 1.